The summed E-state index contributed by atoms with van der Waals surface area (Å²) >= 11 is 0. The normalized spacial score (nSPS) is 19.2. The predicted octanol–water partition coefficient (Wildman–Crippen LogP) is 2.14. The zero-order valence-corrected chi connectivity index (χ0v) is 14.3. The van der Waals surface area contributed by atoms with Gasteiger partial charge in [-0.15, -0.1) is 0 Å². The maximum absolute atomic E-state index is 13.0. The van der Waals surface area contributed by atoms with E-state index < -0.39 is 21.9 Å². The molecule has 1 heterocycles. The molecule has 1 aliphatic rings. The number of nitrogens with one attached hydrogen (secondary N) is 1. The van der Waals surface area contributed by atoms with Gasteiger partial charge < -0.3 is 5.32 Å². The van der Waals surface area contributed by atoms with Gasteiger partial charge in [-0.25, -0.2) is 12.8 Å². The number of carbonyl (C=O) groups is 1. The summed E-state index contributed by atoms with van der Waals surface area (Å²) in [7, 11) is -3.79. The highest BCUT2D eigenvalue weighted by Gasteiger charge is 2.39. The Labute approximate surface area is 136 Å². The number of benzene rings is 1. The molecule has 1 fully saturated rings. The van der Waals surface area contributed by atoms with E-state index in [4.69, 9.17) is 0 Å². The number of carbonyl (C=O) groups excluding carboxylic acids is 1. The molecule has 1 aromatic carbocycles. The van der Waals surface area contributed by atoms with Crippen molar-refractivity contribution in [1.29, 1.82) is 0 Å². The molecule has 0 bridgehead atoms. The van der Waals surface area contributed by atoms with Crippen LogP contribution in [-0.4, -0.2) is 37.8 Å². The summed E-state index contributed by atoms with van der Waals surface area (Å²) in [5.74, 6) is -0.278. The Balaban J connectivity index is 2.11. The van der Waals surface area contributed by atoms with Crippen LogP contribution in [0.15, 0.2) is 29.2 Å². The van der Waals surface area contributed by atoms with Gasteiger partial charge in [0, 0.05) is 13.1 Å². The highest BCUT2D eigenvalue weighted by atomic mass is 32.2. The molecule has 1 amide bonds. The average molecular weight is 342 g/mol. The Kier molecular flexibility index (Phi) is 5.75. The molecule has 0 aromatic heterocycles. The van der Waals surface area contributed by atoms with Crippen LogP contribution in [0.5, 0.6) is 0 Å². The fourth-order valence-corrected chi connectivity index (χ4v) is 4.29. The van der Waals surface area contributed by atoms with Crippen LogP contribution >= 0.6 is 0 Å². The molecule has 7 heteroatoms. The molecule has 1 saturated heterocycles. The van der Waals surface area contributed by atoms with E-state index in [0.717, 1.165) is 18.6 Å². The van der Waals surface area contributed by atoms with Gasteiger partial charge in [-0.3, -0.25) is 4.79 Å². The number of halogens is 1. The SMILES string of the molecule is CC(C)CCNC(=O)C1CCCN1S(=O)(=O)c1ccc(F)cc1. The Morgan fingerprint density at radius 3 is 2.61 bits per heavy atom. The summed E-state index contributed by atoms with van der Waals surface area (Å²) in [4.78, 5) is 12.3. The van der Waals surface area contributed by atoms with Gasteiger partial charge in [0.15, 0.2) is 0 Å². The molecule has 0 radical (unpaired) electrons. The van der Waals surface area contributed by atoms with Gasteiger partial charge in [-0.2, -0.15) is 4.31 Å². The summed E-state index contributed by atoms with van der Waals surface area (Å²) in [5, 5.41) is 2.81. The van der Waals surface area contributed by atoms with Crippen LogP contribution in [0.4, 0.5) is 4.39 Å². The van der Waals surface area contributed by atoms with Gasteiger partial charge >= 0.3 is 0 Å². The lowest BCUT2D eigenvalue weighted by Crippen LogP contribution is -2.46. The van der Waals surface area contributed by atoms with E-state index in [2.05, 4.69) is 19.2 Å². The quantitative estimate of drug-likeness (QED) is 0.861. The Bertz CT molecular complexity index is 644. The number of rotatable bonds is 6. The summed E-state index contributed by atoms with van der Waals surface area (Å²) in [6.45, 7) is 4.97. The minimum atomic E-state index is -3.79. The zero-order valence-electron chi connectivity index (χ0n) is 13.5. The van der Waals surface area contributed by atoms with E-state index in [-0.39, 0.29) is 10.8 Å². The van der Waals surface area contributed by atoms with Gasteiger partial charge in [0.05, 0.1) is 4.90 Å². The molecule has 0 saturated carbocycles. The van der Waals surface area contributed by atoms with Crippen molar-refractivity contribution in [3.63, 3.8) is 0 Å². The highest BCUT2D eigenvalue weighted by molar-refractivity contribution is 7.89. The molecule has 1 atom stereocenters. The molecule has 1 N–H and O–H groups in total. The number of sulfonamides is 1. The number of hydrogen-bond donors (Lipinski definition) is 1. The lowest BCUT2D eigenvalue weighted by atomic mass is 10.1. The molecule has 1 unspecified atom stereocenters. The molecule has 128 valence electrons. The number of hydrogen-bond acceptors (Lipinski definition) is 3. The van der Waals surface area contributed by atoms with Crippen molar-refractivity contribution in [2.24, 2.45) is 5.92 Å². The Morgan fingerprint density at radius 2 is 2.00 bits per heavy atom. The first-order valence-electron chi connectivity index (χ1n) is 7.87. The van der Waals surface area contributed by atoms with Crippen molar-refractivity contribution in [3.05, 3.63) is 30.1 Å². The molecule has 1 aromatic rings. The van der Waals surface area contributed by atoms with E-state index in [9.17, 15) is 17.6 Å². The van der Waals surface area contributed by atoms with Crippen molar-refractivity contribution in [2.45, 2.75) is 44.0 Å². The van der Waals surface area contributed by atoms with E-state index in [1.54, 1.807) is 0 Å². The van der Waals surface area contributed by atoms with Crippen molar-refractivity contribution < 1.29 is 17.6 Å². The summed E-state index contributed by atoms with van der Waals surface area (Å²) in [6.07, 6.45) is 2.00. The second kappa shape index (κ2) is 7.40. The molecule has 23 heavy (non-hydrogen) atoms. The first-order chi connectivity index (χ1) is 10.8. The van der Waals surface area contributed by atoms with Crippen LogP contribution in [0.3, 0.4) is 0 Å². The van der Waals surface area contributed by atoms with E-state index in [1.807, 2.05) is 0 Å². The maximum atomic E-state index is 13.0. The third-order valence-corrected chi connectivity index (χ3v) is 5.87. The standard InChI is InChI=1S/C16H23FN2O3S/c1-12(2)9-10-18-16(20)15-4-3-11-19(15)23(21,22)14-7-5-13(17)6-8-14/h5-8,12,15H,3-4,9-11H2,1-2H3,(H,18,20). The molecule has 5 nitrogen and oxygen atoms in total. The van der Waals surface area contributed by atoms with Gasteiger partial charge in [0.2, 0.25) is 15.9 Å². The number of nitrogens with zero attached hydrogens (tertiary/aromatic N) is 1. The van der Waals surface area contributed by atoms with Crippen LogP contribution in [0.25, 0.3) is 0 Å². The maximum Gasteiger partial charge on any atom is 0.243 e. The Morgan fingerprint density at radius 1 is 1.35 bits per heavy atom. The number of amides is 1. The highest BCUT2D eigenvalue weighted by Crippen LogP contribution is 2.26. The predicted molar refractivity (Wildman–Crippen MR) is 85.8 cm³/mol. The third kappa shape index (κ3) is 4.29. The van der Waals surface area contributed by atoms with Crippen molar-refractivity contribution >= 4 is 15.9 Å². The second-order valence-corrected chi connectivity index (χ2v) is 8.09. The molecule has 0 spiro atoms. The molecule has 2 rings (SSSR count). The van der Waals surface area contributed by atoms with Crippen LogP contribution in [-0.2, 0) is 14.8 Å². The molecular formula is C16H23FN2O3S. The molecule has 0 aliphatic carbocycles. The second-order valence-electron chi connectivity index (χ2n) is 6.20. The summed E-state index contributed by atoms with van der Waals surface area (Å²) < 4.78 is 39.5. The van der Waals surface area contributed by atoms with Gasteiger partial charge in [0.1, 0.15) is 11.9 Å². The minimum absolute atomic E-state index is 0.0146. The summed E-state index contributed by atoms with van der Waals surface area (Å²) in [6, 6.07) is 4.01. The first-order valence-corrected chi connectivity index (χ1v) is 9.31. The van der Waals surface area contributed by atoms with E-state index >= 15 is 0 Å². The Hall–Kier alpha value is -1.47. The van der Waals surface area contributed by atoms with Crippen molar-refractivity contribution in [1.82, 2.24) is 9.62 Å². The van der Waals surface area contributed by atoms with E-state index in [1.165, 1.54) is 16.4 Å². The fraction of sp³-hybridized carbons (Fsp3) is 0.562. The largest absolute Gasteiger partial charge is 0.355 e. The molecule has 1 aliphatic heterocycles. The topological polar surface area (TPSA) is 66.5 Å². The van der Waals surface area contributed by atoms with Crippen LogP contribution in [0.1, 0.15) is 33.1 Å². The lowest BCUT2D eigenvalue weighted by molar-refractivity contribution is -0.124. The fourth-order valence-electron chi connectivity index (χ4n) is 2.63. The van der Waals surface area contributed by atoms with Crippen molar-refractivity contribution in [2.75, 3.05) is 13.1 Å². The zero-order chi connectivity index (χ0) is 17.0. The van der Waals surface area contributed by atoms with Gasteiger partial charge in [0.25, 0.3) is 0 Å². The van der Waals surface area contributed by atoms with Crippen molar-refractivity contribution in [3.8, 4) is 0 Å². The minimum Gasteiger partial charge on any atom is -0.355 e. The van der Waals surface area contributed by atoms with E-state index in [0.29, 0.717) is 31.8 Å². The third-order valence-electron chi connectivity index (χ3n) is 3.95. The van der Waals surface area contributed by atoms with Crippen LogP contribution in [0.2, 0.25) is 0 Å². The monoisotopic (exact) mass is 342 g/mol. The lowest BCUT2D eigenvalue weighted by Gasteiger charge is -2.23. The average Bonchev–Trinajstić information content (AvgIpc) is 2.97. The van der Waals surface area contributed by atoms with Gasteiger partial charge in [-0.05, 0) is 49.4 Å². The van der Waals surface area contributed by atoms with Gasteiger partial charge in [-0.1, -0.05) is 13.8 Å². The molecular weight excluding hydrogens is 319 g/mol. The van der Waals surface area contributed by atoms with Crippen LogP contribution in [0, 0.1) is 11.7 Å². The summed E-state index contributed by atoms with van der Waals surface area (Å²) in [5.41, 5.74) is 0. The van der Waals surface area contributed by atoms with Crippen LogP contribution < -0.4 is 5.32 Å². The first kappa shape index (κ1) is 17.9. The smallest absolute Gasteiger partial charge is 0.243 e.